The Morgan fingerprint density at radius 1 is 1.00 bits per heavy atom. The highest BCUT2D eigenvalue weighted by atomic mass is 19.1. The summed E-state index contributed by atoms with van der Waals surface area (Å²) in [6.07, 6.45) is 1.99. The summed E-state index contributed by atoms with van der Waals surface area (Å²) in [7, 11) is 0. The van der Waals surface area contributed by atoms with E-state index >= 15 is 0 Å². The predicted molar refractivity (Wildman–Crippen MR) is 151 cm³/mol. The Morgan fingerprint density at radius 3 is 2.53 bits per heavy atom. The zero-order valence-corrected chi connectivity index (χ0v) is 21.8. The van der Waals surface area contributed by atoms with Crippen LogP contribution >= 0.6 is 0 Å². The van der Waals surface area contributed by atoms with E-state index in [1.165, 1.54) is 12.1 Å². The van der Waals surface area contributed by atoms with Crippen molar-refractivity contribution < 1.29 is 9.18 Å². The number of anilines is 2. The topological polar surface area (TPSA) is 74.2 Å². The van der Waals surface area contributed by atoms with E-state index in [9.17, 15) is 9.18 Å². The van der Waals surface area contributed by atoms with Gasteiger partial charge in [0.1, 0.15) is 5.82 Å². The van der Waals surface area contributed by atoms with Crippen LogP contribution in [0.15, 0.2) is 72.8 Å². The van der Waals surface area contributed by atoms with E-state index in [4.69, 9.17) is 4.98 Å². The second-order valence-electron chi connectivity index (χ2n) is 9.73. The predicted octanol–water partition coefficient (Wildman–Crippen LogP) is 4.96. The maximum Gasteiger partial charge on any atom is 0.253 e. The number of nitrogens with one attached hydrogen (secondary N) is 3. The first-order valence-corrected chi connectivity index (χ1v) is 13.4. The number of benzene rings is 3. The lowest BCUT2D eigenvalue weighted by Crippen LogP contribution is -2.43. The second kappa shape index (κ2) is 12.1. The van der Waals surface area contributed by atoms with Crippen LogP contribution in [0.5, 0.6) is 0 Å². The first-order valence-electron chi connectivity index (χ1n) is 13.4. The summed E-state index contributed by atoms with van der Waals surface area (Å²) in [4.78, 5) is 20.0. The first-order chi connectivity index (χ1) is 18.6. The molecular formula is C30H35FN6O. The summed E-state index contributed by atoms with van der Waals surface area (Å²) in [5.41, 5.74) is 4.58. The molecule has 5 rings (SSSR count). The number of nitrogens with zero attached hydrogens (tertiary/aromatic N) is 3. The van der Waals surface area contributed by atoms with Crippen LogP contribution in [0.25, 0.3) is 11.0 Å². The minimum Gasteiger partial charge on any atom is -0.385 e. The fourth-order valence-corrected chi connectivity index (χ4v) is 5.05. The molecule has 0 unspecified atom stereocenters. The second-order valence-corrected chi connectivity index (χ2v) is 9.73. The minimum atomic E-state index is -0.229. The number of carbonyl (C=O) groups excluding carboxylic acids is 1. The van der Waals surface area contributed by atoms with Gasteiger partial charge >= 0.3 is 0 Å². The van der Waals surface area contributed by atoms with Gasteiger partial charge in [-0.15, -0.1) is 0 Å². The van der Waals surface area contributed by atoms with Crippen LogP contribution in [0.3, 0.4) is 0 Å². The first kappa shape index (κ1) is 25.7. The number of hydrogen-bond donors (Lipinski definition) is 3. The smallest absolute Gasteiger partial charge is 0.253 e. The molecule has 7 nitrogen and oxygen atoms in total. The van der Waals surface area contributed by atoms with Gasteiger partial charge in [-0.3, -0.25) is 4.79 Å². The van der Waals surface area contributed by atoms with E-state index < -0.39 is 0 Å². The number of amides is 1. The van der Waals surface area contributed by atoms with Crippen LogP contribution in [0.4, 0.5) is 16.0 Å². The van der Waals surface area contributed by atoms with E-state index in [0.29, 0.717) is 24.7 Å². The monoisotopic (exact) mass is 514 g/mol. The highest BCUT2D eigenvalue weighted by Gasteiger charge is 2.22. The number of carbonyl (C=O) groups is 1. The van der Waals surface area contributed by atoms with Crippen LogP contribution in [0.1, 0.15) is 35.7 Å². The van der Waals surface area contributed by atoms with Crippen LogP contribution < -0.4 is 16.0 Å². The highest BCUT2D eigenvalue weighted by molar-refractivity contribution is 5.99. The molecular weight excluding hydrogens is 479 g/mol. The SMILES string of the molecule is CCNc1ccccc1C(=O)NCCN1CCC(Nc2nc3ccccc3n2Cc2ccc(F)cc2)CC1. The number of imidazole rings is 1. The molecule has 0 bridgehead atoms. The van der Waals surface area contributed by atoms with Gasteiger partial charge in [-0.1, -0.05) is 36.4 Å². The summed E-state index contributed by atoms with van der Waals surface area (Å²) < 4.78 is 15.6. The summed E-state index contributed by atoms with van der Waals surface area (Å²) in [5, 5.41) is 10.0. The molecule has 0 spiro atoms. The number of likely N-dealkylation sites (tertiary alicyclic amines) is 1. The maximum atomic E-state index is 13.4. The molecule has 1 aromatic heterocycles. The maximum absolute atomic E-state index is 13.4. The largest absolute Gasteiger partial charge is 0.385 e. The molecule has 8 heteroatoms. The molecule has 0 saturated carbocycles. The molecule has 0 radical (unpaired) electrons. The summed E-state index contributed by atoms with van der Waals surface area (Å²) in [5.74, 6) is 0.575. The number of para-hydroxylation sites is 3. The Labute approximate surface area is 223 Å². The molecule has 1 amide bonds. The van der Waals surface area contributed by atoms with Gasteiger partial charge < -0.3 is 25.4 Å². The number of fused-ring (bicyclic) bond motifs is 1. The molecule has 0 atom stereocenters. The average Bonchev–Trinajstić information content (AvgIpc) is 3.28. The molecule has 1 fully saturated rings. The molecule has 3 N–H and O–H groups in total. The van der Waals surface area contributed by atoms with E-state index in [-0.39, 0.29) is 11.7 Å². The Kier molecular flexibility index (Phi) is 8.19. The van der Waals surface area contributed by atoms with Gasteiger partial charge in [0.05, 0.1) is 23.1 Å². The Balaban J connectivity index is 1.15. The van der Waals surface area contributed by atoms with Crippen molar-refractivity contribution in [3.63, 3.8) is 0 Å². The van der Waals surface area contributed by atoms with Crippen molar-refractivity contribution in [1.29, 1.82) is 0 Å². The summed E-state index contributed by atoms with van der Waals surface area (Å²) in [6.45, 7) is 6.78. The molecule has 2 heterocycles. The summed E-state index contributed by atoms with van der Waals surface area (Å²) >= 11 is 0. The van der Waals surface area contributed by atoms with Gasteiger partial charge in [-0.25, -0.2) is 9.37 Å². The van der Waals surface area contributed by atoms with Crippen molar-refractivity contribution >= 4 is 28.6 Å². The van der Waals surface area contributed by atoms with Gasteiger partial charge in [0.25, 0.3) is 5.91 Å². The number of halogens is 1. The lowest BCUT2D eigenvalue weighted by Gasteiger charge is -2.32. The van der Waals surface area contributed by atoms with Crippen molar-refractivity contribution in [2.45, 2.75) is 32.4 Å². The molecule has 38 heavy (non-hydrogen) atoms. The van der Waals surface area contributed by atoms with Crippen molar-refractivity contribution in [2.75, 3.05) is 43.4 Å². The molecule has 0 aliphatic carbocycles. The molecule has 1 aliphatic heterocycles. The normalized spacial score (nSPS) is 14.5. The highest BCUT2D eigenvalue weighted by Crippen LogP contribution is 2.24. The molecule has 3 aromatic carbocycles. The molecule has 198 valence electrons. The van der Waals surface area contributed by atoms with Gasteiger partial charge in [0.2, 0.25) is 5.95 Å². The average molecular weight is 515 g/mol. The van der Waals surface area contributed by atoms with Crippen molar-refractivity contribution in [3.05, 3.63) is 89.7 Å². The zero-order chi connectivity index (χ0) is 26.3. The van der Waals surface area contributed by atoms with Crippen molar-refractivity contribution in [2.24, 2.45) is 0 Å². The fourth-order valence-electron chi connectivity index (χ4n) is 5.05. The Hall–Kier alpha value is -3.91. The van der Waals surface area contributed by atoms with Crippen LogP contribution in [-0.2, 0) is 6.54 Å². The Morgan fingerprint density at radius 2 is 1.74 bits per heavy atom. The lowest BCUT2D eigenvalue weighted by molar-refractivity contribution is 0.0947. The van der Waals surface area contributed by atoms with E-state index in [1.807, 2.05) is 61.5 Å². The number of piperidine rings is 1. The lowest BCUT2D eigenvalue weighted by atomic mass is 10.1. The van der Waals surface area contributed by atoms with Crippen LogP contribution in [0, 0.1) is 5.82 Å². The van der Waals surface area contributed by atoms with E-state index in [0.717, 1.165) is 67.3 Å². The number of rotatable bonds is 10. The van der Waals surface area contributed by atoms with Crippen molar-refractivity contribution in [1.82, 2.24) is 19.8 Å². The summed E-state index contributed by atoms with van der Waals surface area (Å²) in [6, 6.07) is 22.7. The minimum absolute atomic E-state index is 0.0434. The number of aromatic nitrogens is 2. The van der Waals surface area contributed by atoms with E-state index in [1.54, 1.807) is 0 Å². The van der Waals surface area contributed by atoms with Crippen LogP contribution in [0.2, 0.25) is 0 Å². The fraction of sp³-hybridized carbons (Fsp3) is 0.333. The zero-order valence-electron chi connectivity index (χ0n) is 21.8. The van der Waals surface area contributed by atoms with Crippen LogP contribution in [-0.4, -0.2) is 59.1 Å². The third-order valence-electron chi connectivity index (χ3n) is 7.08. The van der Waals surface area contributed by atoms with Gasteiger partial charge in [-0.2, -0.15) is 0 Å². The third kappa shape index (κ3) is 6.14. The van der Waals surface area contributed by atoms with E-state index in [2.05, 4.69) is 31.5 Å². The molecule has 4 aromatic rings. The van der Waals surface area contributed by atoms with Crippen molar-refractivity contribution in [3.8, 4) is 0 Å². The number of hydrogen-bond acceptors (Lipinski definition) is 5. The van der Waals surface area contributed by atoms with Gasteiger partial charge in [-0.05, 0) is 61.7 Å². The standard InChI is InChI=1S/C30H35FN6O/c1-2-32-26-8-4-3-7-25(26)29(38)33-17-20-36-18-15-24(16-19-36)34-30-35-27-9-5-6-10-28(27)37(30)21-22-11-13-23(31)14-12-22/h3-14,24,32H,2,15-21H2,1H3,(H,33,38)(H,34,35). The molecule has 1 aliphatic rings. The quantitative estimate of drug-likeness (QED) is 0.279. The molecule has 1 saturated heterocycles. The Bertz CT molecular complexity index is 1360. The third-order valence-corrected chi connectivity index (χ3v) is 7.08. The van der Waals surface area contributed by atoms with Gasteiger partial charge in [0.15, 0.2) is 0 Å². The van der Waals surface area contributed by atoms with Gasteiger partial charge in [0, 0.05) is 44.5 Å².